The lowest BCUT2D eigenvalue weighted by atomic mass is 9.98. The van der Waals surface area contributed by atoms with E-state index >= 15 is 0 Å². The number of hydrogen-bond acceptors (Lipinski definition) is 3. The molecule has 0 fully saturated rings. The summed E-state index contributed by atoms with van der Waals surface area (Å²) in [5.41, 5.74) is -1.19. The van der Waals surface area contributed by atoms with E-state index in [0.717, 1.165) is 0 Å². The number of ether oxygens (including phenoxy) is 1. The monoisotopic (exact) mass is 211 g/mol. The normalized spacial score (nSPS) is 14.3. The van der Waals surface area contributed by atoms with Crippen LogP contribution >= 0.6 is 0 Å². The van der Waals surface area contributed by atoms with Crippen LogP contribution in [0.15, 0.2) is 24.5 Å². The summed E-state index contributed by atoms with van der Waals surface area (Å²) in [4.78, 5) is 22.3. The summed E-state index contributed by atoms with van der Waals surface area (Å²) >= 11 is 0. The number of carbonyl (C=O) groups is 2. The molecule has 0 spiro atoms. The van der Waals surface area contributed by atoms with Gasteiger partial charge in [0.25, 0.3) is 0 Å². The fourth-order valence-corrected chi connectivity index (χ4v) is 1.45. The molecule has 0 amide bonds. The van der Waals surface area contributed by atoms with Crippen molar-refractivity contribution in [2.24, 2.45) is 0 Å². The lowest BCUT2D eigenvalue weighted by Crippen LogP contribution is -2.41. The van der Waals surface area contributed by atoms with Crippen LogP contribution in [0.3, 0.4) is 0 Å². The third-order valence-corrected chi connectivity index (χ3v) is 2.29. The molecule has 1 heterocycles. The highest BCUT2D eigenvalue weighted by molar-refractivity contribution is 5.84. The van der Waals surface area contributed by atoms with Gasteiger partial charge in [0, 0.05) is 12.4 Å². The predicted octanol–water partition coefficient (Wildman–Crippen LogP) is 0.851. The molecule has 0 aliphatic carbocycles. The molecule has 0 unspecified atom stereocenters. The molecule has 1 atom stereocenters. The summed E-state index contributed by atoms with van der Waals surface area (Å²) < 4.78 is 6.15. The predicted molar refractivity (Wildman–Crippen MR) is 52.3 cm³/mol. The van der Waals surface area contributed by atoms with E-state index in [4.69, 9.17) is 5.11 Å². The molecule has 5 nitrogen and oxygen atoms in total. The van der Waals surface area contributed by atoms with Crippen molar-refractivity contribution < 1.29 is 19.4 Å². The molecule has 0 aromatic carbocycles. The van der Waals surface area contributed by atoms with Crippen LogP contribution in [-0.4, -0.2) is 28.7 Å². The lowest BCUT2D eigenvalue weighted by Gasteiger charge is -2.26. The molecule has 1 aromatic rings. The van der Waals surface area contributed by atoms with E-state index in [9.17, 15) is 9.59 Å². The van der Waals surface area contributed by atoms with Crippen LogP contribution in [-0.2, 0) is 19.9 Å². The minimum Gasteiger partial charge on any atom is -0.481 e. The Morgan fingerprint density at radius 2 is 1.93 bits per heavy atom. The second-order valence-corrected chi connectivity index (χ2v) is 3.43. The first kappa shape index (κ1) is 11.3. The van der Waals surface area contributed by atoms with Gasteiger partial charge in [0.05, 0.1) is 13.5 Å². The number of aromatic nitrogens is 1. The van der Waals surface area contributed by atoms with E-state index in [1.54, 1.807) is 24.5 Å². The molecule has 15 heavy (non-hydrogen) atoms. The molecule has 82 valence electrons. The Morgan fingerprint density at radius 1 is 1.40 bits per heavy atom. The number of hydrogen-bond donors (Lipinski definition) is 1. The maximum atomic E-state index is 11.6. The van der Waals surface area contributed by atoms with Crippen LogP contribution in [0, 0.1) is 0 Å². The van der Waals surface area contributed by atoms with Gasteiger partial charge < -0.3 is 14.4 Å². The van der Waals surface area contributed by atoms with Gasteiger partial charge in [0.15, 0.2) is 0 Å². The highest BCUT2D eigenvalue weighted by Crippen LogP contribution is 2.22. The highest BCUT2D eigenvalue weighted by Gasteiger charge is 2.38. The largest absolute Gasteiger partial charge is 0.481 e. The molecular formula is C10H13NO4. The van der Waals surface area contributed by atoms with Gasteiger partial charge in [-0.2, -0.15) is 0 Å². The average molecular weight is 211 g/mol. The first-order valence-electron chi connectivity index (χ1n) is 4.44. The molecule has 5 heteroatoms. The summed E-state index contributed by atoms with van der Waals surface area (Å²) in [6.45, 7) is 1.53. The van der Waals surface area contributed by atoms with Gasteiger partial charge in [0.1, 0.15) is 5.54 Å². The van der Waals surface area contributed by atoms with Crippen molar-refractivity contribution in [3.05, 3.63) is 24.5 Å². The number of methoxy groups -OCH3 is 1. The number of carboxylic acids is 1. The van der Waals surface area contributed by atoms with E-state index in [0.29, 0.717) is 0 Å². The topological polar surface area (TPSA) is 68.5 Å². The second-order valence-electron chi connectivity index (χ2n) is 3.43. The van der Waals surface area contributed by atoms with Crippen molar-refractivity contribution in [3.8, 4) is 0 Å². The smallest absolute Gasteiger partial charge is 0.332 e. The van der Waals surface area contributed by atoms with Crippen LogP contribution in [0.5, 0.6) is 0 Å². The Labute approximate surface area is 87.3 Å². The van der Waals surface area contributed by atoms with Crippen LogP contribution in [0.25, 0.3) is 0 Å². The summed E-state index contributed by atoms with van der Waals surface area (Å²) in [5, 5.41) is 8.77. The SMILES string of the molecule is COC(=O)[C@](C)(CC(=O)O)n1cccc1. The Hall–Kier alpha value is -1.78. The van der Waals surface area contributed by atoms with Gasteiger partial charge in [-0.15, -0.1) is 0 Å². The summed E-state index contributed by atoms with van der Waals surface area (Å²) in [7, 11) is 1.24. The molecule has 0 saturated carbocycles. The van der Waals surface area contributed by atoms with Crippen LogP contribution in [0.2, 0.25) is 0 Å². The van der Waals surface area contributed by atoms with Gasteiger partial charge in [0.2, 0.25) is 0 Å². The van der Waals surface area contributed by atoms with Gasteiger partial charge in [-0.05, 0) is 19.1 Å². The van der Waals surface area contributed by atoms with Crippen molar-refractivity contribution in [3.63, 3.8) is 0 Å². The molecule has 0 aliphatic heterocycles. The van der Waals surface area contributed by atoms with E-state index in [2.05, 4.69) is 4.74 Å². The van der Waals surface area contributed by atoms with Gasteiger partial charge >= 0.3 is 11.9 Å². The van der Waals surface area contributed by atoms with Gasteiger partial charge in [-0.3, -0.25) is 4.79 Å². The van der Waals surface area contributed by atoms with Crippen molar-refractivity contribution in [2.45, 2.75) is 18.9 Å². The average Bonchev–Trinajstić information content (AvgIpc) is 2.68. The van der Waals surface area contributed by atoms with Crippen LogP contribution in [0.1, 0.15) is 13.3 Å². The molecule has 1 rings (SSSR count). The zero-order valence-electron chi connectivity index (χ0n) is 8.64. The zero-order valence-corrected chi connectivity index (χ0v) is 8.64. The van der Waals surface area contributed by atoms with Crippen molar-refractivity contribution in [2.75, 3.05) is 7.11 Å². The minimum absolute atomic E-state index is 0.311. The summed E-state index contributed by atoms with van der Waals surface area (Å²) in [6, 6.07) is 3.45. The second kappa shape index (κ2) is 4.16. The standard InChI is InChI=1S/C10H13NO4/c1-10(7-8(12)13,9(14)15-2)11-5-3-4-6-11/h3-6H,7H2,1-2H3,(H,12,13)/t10-/m0/s1. The minimum atomic E-state index is -1.19. The molecule has 1 N–H and O–H groups in total. The van der Waals surface area contributed by atoms with Gasteiger partial charge in [-0.25, -0.2) is 4.79 Å². The van der Waals surface area contributed by atoms with E-state index in [1.807, 2.05) is 0 Å². The molecular weight excluding hydrogens is 198 g/mol. The van der Waals surface area contributed by atoms with Crippen LogP contribution in [0.4, 0.5) is 0 Å². The Balaban J connectivity index is 3.06. The maximum Gasteiger partial charge on any atom is 0.332 e. The molecule has 1 aromatic heterocycles. The first-order chi connectivity index (χ1) is 7.00. The number of carboxylic acid groups (broad SMARTS) is 1. The summed E-state index contributed by atoms with van der Waals surface area (Å²) in [6.07, 6.45) is 2.97. The lowest BCUT2D eigenvalue weighted by molar-refractivity contribution is -0.156. The quantitative estimate of drug-likeness (QED) is 0.749. The highest BCUT2D eigenvalue weighted by atomic mass is 16.5. The molecule has 0 radical (unpaired) electrons. The third kappa shape index (κ3) is 2.18. The molecule has 0 aliphatic rings. The number of esters is 1. The zero-order chi connectivity index (χ0) is 11.5. The van der Waals surface area contributed by atoms with E-state index < -0.39 is 17.5 Å². The van der Waals surface area contributed by atoms with Gasteiger partial charge in [-0.1, -0.05) is 0 Å². The molecule has 0 bridgehead atoms. The van der Waals surface area contributed by atoms with Crippen molar-refractivity contribution in [1.29, 1.82) is 0 Å². The fraction of sp³-hybridized carbons (Fsp3) is 0.400. The fourth-order valence-electron chi connectivity index (χ4n) is 1.45. The Bertz CT molecular complexity index is 358. The van der Waals surface area contributed by atoms with Crippen LogP contribution < -0.4 is 0 Å². The van der Waals surface area contributed by atoms with Crippen molar-refractivity contribution >= 4 is 11.9 Å². The Kier molecular flexibility index (Phi) is 3.14. The number of aliphatic carboxylic acids is 1. The third-order valence-electron chi connectivity index (χ3n) is 2.29. The summed E-state index contributed by atoms with van der Waals surface area (Å²) in [5.74, 6) is -1.61. The Morgan fingerprint density at radius 3 is 2.33 bits per heavy atom. The van der Waals surface area contributed by atoms with Crippen molar-refractivity contribution in [1.82, 2.24) is 4.57 Å². The first-order valence-corrected chi connectivity index (χ1v) is 4.44. The number of carbonyl (C=O) groups excluding carboxylic acids is 1. The number of nitrogens with zero attached hydrogens (tertiary/aromatic N) is 1. The maximum absolute atomic E-state index is 11.6. The van der Waals surface area contributed by atoms with E-state index in [-0.39, 0.29) is 6.42 Å². The van der Waals surface area contributed by atoms with E-state index in [1.165, 1.54) is 18.6 Å². The number of rotatable bonds is 4. The molecule has 0 saturated heterocycles.